The molecule has 0 bridgehead atoms. The van der Waals surface area contributed by atoms with Gasteiger partial charge in [0.2, 0.25) is 0 Å². The monoisotopic (exact) mass is 259 g/mol. The Morgan fingerprint density at radius 2 is 2.05 bits per heavy atom. The summed E-state index contributed by atoms with van der Waals surface area (Å²) >= 11 is 0. The Hall–Kier alpha value is -1.72. The van der Waals surface area contributed by atoms with E-state index in [0.717, 1.165) is 18.5 Å². The molecule has 19 heavy (non-hydrogen) atoms. The molecule has 5 heteroatoms. The van der Waals surface area contributed by atoms with Crippen molar-refractivity contribution in [3.63, 3.8) is 0 Å². The minimum absolute atomic E-state index is 0.180. The van der Waals surface area contributed by atoms with Crippen molar-refractivity contribution < 1.29 is 9.84 Å². The van der Waals surface area contributed by atoms with E-state index in [1.54, 1.807) is 18.0 Å². The molecule has 2 unspecified atom stereocenters. The lowest BCUT2D eigenvalue weighted by Gasteiger charge is -2.21. The van der Waals surface area contributed by atoms with Gasteiger partial charge < -0.3 is 9.84 Å². The molecule has 0 radical (unpaired) electrons. The summed E-state index contributed by atoms with van der Waals surface area (Å²) in [5.41, 5.74) is 1.56. The van der Waals surface area contributed by atoms with Crippen molar-refractivity contribution in [1.82, 2.24) is 15.0 Å². The van der Waals surface area contributed by atoms with Gasteiger partial charge in [0.1, 0.15) is 6.10 Å². The van der Waals surface area contributed by atoms with Crippen LogP contribution in [0.15, 0.2) is 36.5 Å². The molecule has 0 aliphatic heterocycles. The second-order valence-electron chi connectivity index (χ2n) is 4.89. The third-order valence-corrected chi connectivity index (χ3v) is 3.55. The number of para-hydroxylation sites is 1. The molecule has 1 aromatic carbocycles. The molecule has 100 valence electrons. The van der Waals surface area contributed by atoms with Gasteiger partial charge in [-0.2, -0.15) is 0 Å². The molecule has 1 saturated carbocycles. The van der Waals surface area contributed by atoms with E-state index in [-0.39, 0.29) is 6.10 Å². The first-order chi connectivity index (χ1) is 9.31. The number of nitrogens with zero attached hydrogens (tertiary/aromatic N) is 3. The van der Waals surface area contributed by atoms with E-state index in [1.807, 2.05) is 30.3 Å². The number of hydrogen-bond acceptors (Lipinski definition) is 4. The number of methoxy groups -OCH3 is 1. The molecule has 1 N–H and O–H groups in total. The molecular weight excluding hydrogens is 242 g/mol. The van der Waals surface area contributed by atoms with Crippen molar-refractivity contribution >= 4 is 0 Å². The predicted octanol–water partition coefficient (Wildman–Crippen LogP) is 1.73. The van der Waals surface area contributed by atoms with Crippen LogP contribution in [0.3, 0.4) is 0 Å². The fourth-order valence-corrected chi connectivity index (χ4v) is 2.39. The number of hydrogen-bond donors (Lipinski definition) is 1. The Bertz CT molecular complexity index is 537. The van der Waals surface area contributed by atoms with Crippen LogP contribution in [0, 0.1) is 5.92 Å². The predicted molar refractivity (Wildman–Crippen MR) is 69.8 cm³/mol. The zero-order chi connectivity index (χ0) is 13.2. The van der Waals surface area contributed by atoms with Crippen molar-refractivity contribution in [2.24, 2.45) is 5.92 Å². The van der Waals surface area contributed by atoms with E-state index in [9.17, 15) is 5.11 Å². The first-order valence-corrected chi connectivity index (χ1v) is 6.48. The molecule has 1 aliphatic carbocycles. The van der Waals surface area contributed by atoms with Gasteiger partial charge in [0.05, 0.1) is 23.7 Å². The Labute approximate surface area is 111 Å². The number of benzene rings is 1. The largest absolute Gasteiger partial charge is 0.384 e. The summed E-state index contributed by atoms with van der Waals surface area (Å²) in [5.74, 6) is 0.444. The van der Waals surface area contributed by atoms with E-state index < -0.39 is 6.10 Å². The molecule has 1 heterocycles. The fourth-order valence-electron chi connectivity index (χ4n) is 2.39. The highest BCUT2D eigenvalue weighted by molar-refractivity contribution is 5.32. The number of aliphatic hydroxyl groups excluding tert-OH is 1. The molecular formula is C14H17N3O2. The number of aliphatic hydroxyl groups is 1. The molecule has 0 saturated heterocycles. The standard InChI is InChI=1S/C14H17N3O2/c1-19-14(10-7-8-10)13(18)12-9-15-16-17(12)11-5-3-2-4-6-11/h2-6,9-10,13-14,18H,7-8H2,1H3. The van der Waals surface area contributed by atoms with Gasteiger partial charge >= 0.3 is 0 Å². The molecule has 2 atom stereocenters. The van der Waals surface area contributed by atoms with E-state index in [4.69, 9.17) is 4.74 Å². The molecule has 5 nitrogen and oxygen atoms in total. The molecule has 2 aromatic rings. The lowest BCUT2D eigenvalue weighted by atomic mass is 10.1. The van der Waals surface area contributed by atoms with Gasteiger partial charge in [-0.15, -0.1) is 5.10 Å². The maximum Gasteiger partial charge on any atom is 0.124 e. The van der Waals surface area contributed by atoms with Crippen molar-refractivity contribution in [2.45, 2.75) is 25.0 Å². The molecule has 3 rings (SSSR count). The maximum atomic E-state index is 10.5. The van der Waals surface area contributed by atoms with Gasteiger partial charge in [-0.25, -0.2) is 4.68 Å². The SMILES string of the molecule is COC(C1CC1)C(O)c1cnnn1-c1ccccc1. The molecule has 1 fully saturated rings. The van der Waals surface area contributed by atoms with Gasteiger partial charge in [-0.1, -0.05) is 23.4 Å². The highest BCUT2D eigenvalue weighted by Crippen LogP contribution is 2.39. The van der Waals surface area contributed by atoms with Crippen LogP contribution in [0.2, 0.25) is 0 Å². The fraction of sp³-hybridized carbons (Fsp3) is 0.429. The molecule has 1 aliphatic rings. The molecule has 1 aromatic heterocycles. The molecule has 0 amide bonds. The van der Waals surface area contributed by atoms with Crippen LogP contribution in [0.5, 0.6) is 0 Å². The molecule has 0 spiro atoms. The van der Waals surface area contributed by atoms with Gasteiger partial charge in [0, 0.05) is 7.11 Å². The Morgan fingerprint density at radius 3 is 2.68 bits per heavy atom. The van der Waals surface area contributed by atoms with Crippen LogP contribution in [0.4, 0.5) is 0 Å². The zero-order valence-electron chi connectivity index (χ0n) is 10.8. The zero-order valence-corrected chi connectivity index (χ0v) is 10.8. The summed E-state index contributed by atoms with van der Waals surface area (Å²) < 4.78 is 7.10. The Morgan fingerprint density at radius 1 is 1.32 bits per heavy atom. The van der Waals surface area contributed by atoms with E-state index in [0.29, 0.717) is 11.6 Å². The summed E-state index contributed by atoms with van der Waals surface area (Å²) in [6.07, 6.45) is 2.95. The summed E-state index contributed by atoms with van der Waals surface area (Å²) in [4.78, 5) is 0. The average Bonchev–Trinajstić information content (AvgIpc) is 3.16. The maximum absolute atomic E-state index is 10.5. The van der Waals surface area contributed by atoms with E-state index in [2.05, 4.69) is 10.3 Å². The Balaban J connectivity index is 1.91. The van der Waals surface area contributed by atoms with Gasteiger partial charge in [-0.3, -0.25) is 0 Å². The van der Waals surface area contributed by atoms with Gasteiger partial charge in [0.15, 0.2) is 0 Å². The second-order valence-corrected chi connectivity index (χ2v) is 4.89. The van der Waals surface area contributed by atoms with Crippen LogP contribution >= 0.6 is 0 Å². The lowest BCUT2D eigenvalue weighted by Crippen LogP contribution is -2.25. The summed E-state index contributed by atoms with van der Waals surface area (Å²) in [7, 11) is 1.64. The van der Waals surface area contributed by atoms with E-state index >= 15 is 0 Å². The lowest BCUT2D eigenvalue weighted by molar-refractivity contribution is -0.0289. The smallest absolute Gasteiger partial charge is 0.124 e. The normalized spacial score (nSPS) is 18.2. The van der Waals surface area contributed by atoms with E-state index in [1.165, 1.54) is 0 Å². The summed E-state index contributed by atoms with van der Waals surface area (Å²) in [5, 5.41) is 18.5. The van der Waals surface area contributed by atoms with Gasteiger partial charge in [0.25, 0.3) is 0 Å². The minimum Gasteiger partial charge on any atom is -0.384 e. The van der Waals surface area contributed by atoms with Gasteiger partial charge in [-0.05, 0) is 30.9 Å². The number of ether oxygens (including phenoxy) is 1. The minimum atomic E-state index is -0.701. The van der Waals surface area contributed by atoms with Crippen molar-refractivity contribution in [3.05, 3.63) is 42.2 Å². The second kappa shape index (κ2) is 5.11. The van der Waals surface area contributed by atoms with Crippen LogP contribution < -0.4 is 0 Å². The Kier molecular flexibility index (Phi) is 3.31. The van der Waals surface area contributed by atoms with Crippen molar-refractivity contribution in [2.75, 3.05) is 7.11 Å². The van der Waals surface area contributed by atoms with Crippen molar-refractivity contribution in [3.8, 4) is 5.69 Å². The van der Waals surface area contributed by atoms with Crippen LogP contribution in [0.25, 0.3) is 5.69 Å². The van der Waals surface area contributed by atoms with Crippen molar-refractivity contribution in [1.29, 1.82) is 0 Å². The first-order valence-electron chi connectivity index (χ1n) is 6.48. The number of rotatable bonds is 5. The highest BCUT2D eigenvalue weighted by atomic mass is 16.5. The highest BCUT2D eigenvalue weighted by Gasteiger charge is 2.38. The number of aromatic nitrogens is 3. The topological polar surface area (TPSA) is 60.2 Å². The van der Waals surface area contributed by atoms with Crippen LogP contribution in [0.1, 0.15) is 24.6 Å². The average molecular weight is 259 g/mol. The van der Waals surface area contributed by atoms with Crippen LogP contribution in [-0.4, -0.2) is 33.3 Å². The van der Waals surface area contributed by atoms with Crippen LogP contribution in [-0.2, 0) is 4.74 Å². The summed E-state index contributed by atoms with van der Waals surface area (Å²) in [6.45, 7) is 0. The first kappa shape index (κ1) is 12.3. The third kappa shape index (κ3) is 2.39. The summed E-state index contributed by atoms with van der Waals surface area (Å²) in [6, 6.07) is 9.68. The third-order valence-electron chi connectivity index (χ3n) is 3.55. The quantitative estimate of drug-likeness (QED) is 0.888.